The Morgan fingerprint density at radius 2 is 2.00 bits per heavy atom. The molecule has 2 atom stereocenters. The topological polar surface area (TPSA) is 55.2 Å². The van der Waals surface area contributed by atoms with Crippen molar-refractivity contribution >= 4 is 5.91 Å². The van der Waals surface area contributed by atoms with Crippen LogP contribution in [0.5, 0.6) is 0 Å². The number of carbonyl (C=O) groups is 1. The van der Waals surface area contributed by atoms with Crippen molar-refractivity contribution in [1.82, 2.24) is 14.5 Å². The van der Waals surface area contributed by atoms with Gasteiger partial charge in [0.25, 0.3) is 5.56 Å². The highest BCUT2D eigenvalue weighted by atomic mass is 16.2. The largest absolute Gasteiger partial charge is 0.335 e. The summed E-state index contributed by atoms with van der Waals surface area (Å²) >= 11 is 0. The number of piperidine rings is 1. The van der Waals surface area contributed by atoms with E-state index in [9.17, 15) is 9.59 Å². The van der Waals surface area contributed by atoms with Crippen LogP contribution in [0.15, 0.2) is 47.5 Å². The molecule has 0 aliphatic carbocycles. The molecule has 0 spiro atoms. The smallest absolute Gasteiger partial charge is 0.254 e. The molecule has 25 heavy (non-hydrogen) atoms. The summed E-state index contributed by atoms with van der Waals surface area (Å²) in [6.07, 6.45) is 5.68. The fourth-order valence-corrected chi connectivity index (χ4v) is 3.68. The first kappa shape index (κ1) is 17.4. The second kappa shape index (κ2) is 7.64. The Morgan fingerprint density at radius 3 is 2.68 bits per heavy atom. The molecule has 0 bridgehead atoms. The van der Waals surface area contributed by atoms with Crippen molar-refractivity contribution in [3.63, 3.8) is 0 Å². The van der Waals surface area contributed by atoms with Crippen molar-refractivity contribution in [2.24, 2.45) is 0 Å². The van der Waals surface area contributed by atoms with Gasteiger partial charge in [0.2, 0.25) is 5.91 Å². The van der Waals surface area contributed by atoms with Crippen LogP contribution >= 0.6 is 0 Å². The lowest BCUT2D eigenvalue weighted by Crippen LogP contribution is -2.50. The highest BCUT2D eigenvalue weighted by Gasteiger charge is 2.30. The van der Waals surface area contributed by atoms with E-state index in [-0.39, 0.29) is 30.1 Å². The van der Waals surface area contributed by atoms with Crippen LogP contribution in [0.1, 0.15) is 39.5 Å². The van der Waals surface area contributed by atoms with Crippen LogP contribution in [-0.4, -0.2) is 32.4 Å². The zero-order chi connectivity index (χ0) is 17.8. The van der Waals surface area contributed by atoms with E-state index >= 15 is 0 Å². The molecule has 2 aromatic rings. The lowest BCUT2D eigenvalue weighted by Gasteiger charge is -2.40. The molecule has 132 valence electrons. The number of hydrogen-bond donors (Lipinski definition) is 0. The van der Waals surface area contributed by atoms with Crippen molar-refractivity contribution in [2.45, 2.75) is 58.2 Å². The van der Waals surface area contributed by atoms with Crippen molar-refractivity contribution in [3.05, 3.63) is 53.1 Å². The predicted octanol–water partition coefficient (Wildman–Crippen LogP) is 3.09. The van der Waals surface area contributed by atoms with Crippen molar-refractivity contribution in [3.8, 4) is 11.3 Å². The Bertz CT molecular complexity index is 785. The van der Waals surface area contributed by atoms with Crippen LogP contribution in [0.25, 0.3) is 11.3 Å². The van der Waals surface area contributed by atoms with Gasteiger partial charge in [0.05, 0.1) is 12.0 Å². The molecule has 0 unspecified atom stereocenters. The lowest BCUT2D eigenvalue weighted by molar-refractivity contribution is -0.138. The van der Waals surface area contributed by atoms with E-state index < -0.39 is 0 Å². The summed E-state index contributed by atoms with van der Waals surface area (Å²) in [5, 5.41) is 0. The van der Waals surface area contributed by atoms with Crippen molar-refractivity contribution < 1.29 is 4.79 Å². The molecule has 3 rings (SSSR count). The van der Waals surface area contributed by atoms with Gasteiger partial charge in [0, 0.05) is 23.7 Å². The standard InChI is InChI=1S/C20H25N3O2/c1-3-17-11-7-8-15(2)23(17)20(25)13-22-14-21-18(12-19(22)24)16-9-5-4-6-10-16/h4-6,9-10,12,14-15,17H,3,7-8,11,13H2,1-2H3/t15-,17+/m0/s1. The molecule has 5 heteroatoms. The molecule has 0 radical (unpaired) electrons. The summed E-state index contributed by atoms with van der Waals surface area (Å²) in [6.45, 7) is 4.27. The van der Waals surface area contributed by atoms with Gasteiger partial charge in [-0.15, -0.1) is 0 Å². The van der Waals surface area contributed by atoms with E-state index in [1.807, 2.05) is 35.2 Å². The first-order valence-electron chi connectivity index (χ1n) is 9.03. The maximum atomic E-state index is 12.8. The van der Waals surface area contributed by atoms with E-state index in [0.29, 0.717) is 5.69 Å². The summed E-state index contributed by atoms with van der Waals surface area (Å²) < 4.78 is 1.41. The van der Waals surface area contributed by atoms with Crippen LogP contribution in [0, 0.1) is 0 Å². The van der Waals surface area contributed by atoms with E-state index in [2.05, 4.69) is 18.8 Å². The molecule has 1 aliphatic rings. The predicted molar refractivity (Wildman–Crippen MR) is 98.2 cm³/mol. The van der Waals surface area contributed by atoms with Gasteiger partial charge in [0.15, 0.2) is 0 Å². The van der Waals surface area contributed by atoms with Crippen LogP contribution in [0.3, 0.4) is 0 Å². The second-order valence-electron chi connectivity index (χ2n) is 6.75. The number of likely N-dealkylation sites (tertiary alicyclic amines) is 1. The van der Waals surface area contributed by atoms with E-state index in [1.165, 1.54) is 17.0 Å². The number of nitrogens with zero attached hydrogens (tertiary/aromatic N) is 3. The number of amides is 1. The van der Waals surface area contributed by atoms with Gasteiger partial charge >= 0.3 is 0 Å². The van der Waals surface area contributed by atoms with Gasteiger partial charge in [0.1, 0.15) is 6.54 Å². The summed E-state index contributed by atoms with van der Waals surface area (Å²) in [7, 11) is 0. The highest BCUT2D eigenvalue weighted by molar-refractivity contribution is 5.77. The molecule has 1 aliphatic heterocycles. The van der Waals surface area contributed by atoms with Gasteiger partial charge < -0.3 is 4.90 Å². The minimum absolute atomic E-state index is 0.00964. The third-order valence-electron chi connectivity index (χ3n) is 5.04. The van der Waals surface area contributed by atoms with Crippen LogP contribution < -0.4 is 5.56 Å². The average Bonchev–Trinajstić information content (AvgIpc) is 2.63. The van der Waals surface area contributed by atoms with E-state index in [1.54, 1.807) is 0 Å². The molecule has 2 heterocycles. The number of hydrogen-bond acceptors (Lipinski definition) is 3. The summed E-state index contributed by atoms with van der Waals surface area (Å²) in [6, 6.07) is 11.6. The summed E-state index contributed by atoms with van der Waals surface area (Å²) in [5.41, 5.74) is 1.33. The first-order valence-corrected chi connectivity index (χ1v) is 9.03. The summed E-state index contributed by atoms with van der Waals surface area (Å²) in [5.74, 6) is 0.00964. The molecule has 1 fully saturated rings. The number of rotatable bonds is 4. The second-order valence-corrected chi connectivity index (χ2v) is 6.75. The van der Waals surface area contributed by atoms with Gasteiger partial charge in [-0.25, -0.2) is 4.98 Å². The minimum atomic E-state index is -0.195. The number of aromatic nitrogens is 2. The fraction of sp³-hybridized carbons (Fsp3) is 0.450. The third kappa shape index (κ3) is 3.81. The first-order chi connectivity index (χ1) is 12.1. The van der Waals surface area contributed by atoms with Crippen LogP contribution in [-0.2, 0) is 11.3 Å². The minimum Gasteiger partial charge on any atom is -0.335 e. The van der Waals surface area contributed by atoms with Gasteiger partial charge in [-0.3, -0.25) is 14.2 Å². The molecular formula is C20H25N3O2. The Kier molecular flexibility index (Phi) is 5.31. The molecule has 1 aromatic heterocycles. The van der Waals surface area contributed by atoms with Crippen LogP contribution in [0.4, 0.5) is 0 Å². The number of benzene rings is 1. The third-order valence-corrected chi connectivity index (χ3v) is 5.04. The normalized spacial score (nSPS) is 20.5. The van der Waals surface area contributed by atoms with E-state index in [0.717, 1.165) is 31.2 Å². The van der Waals surface area contributed by atoms with E-state index in [4.69, 9.17) is 0 Å². The molecule has 1 saturated heterocycles. The van der Waals surface area contributed by atoms with Crippen molar-refractivity contribution in [2.75, 3.05) is 0 Å². The summed E-state index contributed by atoms with van der Waals surface area (Å²) in [4.78, 5) is 31.5. The molecule has 1 aromatic carbocycles. The molecule has 1 amide bonds. The monoisotopic (exact) mass is 339 g/mol. The van der Waals surface area contributed by atoms with Crippen molar-refractivity contribution in [1.29, 1.82) is 0 Å². The average molecular weight is 339 g/mol. The molecule has 0 saturated carbocycles. The Hall–Kier alpha value is -2.43. The Morgan fingerprint density at radius 1 is 1.24 bits per heavy atom. The lowest BCUT2D eigenvalue weighted by atomic mass is 9.94. The maximum absolute atomic E-state index is 12.8. The highest BCUT2D eigenvalue weighted by Crippen LogP contribution is 2.25. The zero-order valence-electron chi connectivity index (χ0n) is 14.9. The zero-order valence-corrected chi connectivity index (χ0v) is 14.9. The van der Waals surface area contributed by atoms with Gasteiger partial charge in [-0.1, -0.05) is 37.3 Å². The quantitative estimate of drug-likeness (QED) is 0.860. The van der Waals surface area contributed by atoms with Gasteiger partial charge in [-0.2, -0.15) is 0 Å². The molecular weight excluding hydrogens is 314 g/mol. The SMILES string of the molecule is CC[C@@H]1CCC[C@H](C)N1C(=O)Cn1cnc(-c2ccccc2)cc1=O. The fourth-order valence-electron chi connectivity index (χ4n) is 3.68. The maximum Gasteiger partial charge on any atom is 0.254 e. The number of carbonyl (C=O) groups excluding carboxylic acids is 1. The van der Waals surface area contributed by atoms with Crippen LogP contribution in [0.2, 0.25) is 0 Å². The molecule has 5 nitrogen and oxygen atoms in total. The molecule has 0 N–H and O–H groups in total. The van der Waals surface area contributed by atoms with Gasteiger partial charge in [-0.05, 0) is 32.6 Å². The Balaban J connectivity index is 1.78. The Labute approximate surface area is 148 Å².